The minimum atomic E-state index is -0.552. The van der Waals surface area contributed by atoms with Gasteiger partial charge in [-0.1, -0.05) is 18.2 Å². The van der Waals surface area contributed by atoms with Crippen molar-refractivity contribution in [1.29, 1.82) is 0 Å². The molecule has 1 N–H and O–H groups in total. The SMILES string of the molecule is CC(C)N(CC1CC1)CC(O)c1cc2ccccc2o1. The van der Waals surface area contributed by atoms with Gasteiger partial charge in [0.1, 0.15) is 17.4 Å². The summed E-state index contributed by atoms with van der Waals surface area (Å²) in [4.78, 5) is 2.36. The summed E-state index contributed by atoms with van der Waals surface area (Å²) >= 11 is 0. The van der Waals surface area contributed by atoms with Gasteiger partial charge >= 0.3 is 0 Å². The van der Waals surface area contributed by atoms with Crippen LogP contribution >= 0.6 is 0 Å². The summed E-state index contributed by atoms with van der Waals surface area (Å²) in [6.07, 6.45) is 2.12. The Morgan fingerprint density at radius 1 is 1.30 bits per heavy atom. The second-order valence-corrected chi connectivity index (χ2v) is 6.19. The van der Waals surface area contributed by atoms with Crippen LogP contribution in [0.5, 0.6) is 0 Å². The van der Waals surface area contributed by atoms with Gasteiger partial charge in [0.05, 0.1) is 0 Å². The summed E-state index contributed by atoms with van der Waals surface area (Å²) < 4.78 is 5.75. The number of hydrogen-bond acceptors (Lipinski definition) is 3. The molecule has 0 saturated heterocycles. The predicted molar refractivity (Wildman–Crippen MR) is 80.6 cm³/mol. The average Bonchev–Trinajstić information content (AvgIpc) is 3.13. The first-order valence-electron chi connectivity index (χ1n) is 7.54. The number of benzene rings is 1. The number of aliphatic hydroxyl groups excluding tert-OH is 1. The Morgan fingerprint density at radius 2 is 2.05 bits per heavy atom. The number of aliphatic hydroxyl groups is 1. The molecule has 1 saturated carbocycles. The van der Waals surface area contributed by atoms with E-state index in [0.29, 0.717) is 18.3 Å². The van der Waals surface area contributed by atoms with E-state index in [-0.39, 0.29) is 0 Å². The molecule has 108 valence electrons. The fourth-order valence-corrected chi connectivity index (χ4v) is 2.61. The molecule has 3 nitrogen and oxygen atoms in total. The van der Waals surface area contributed by atoms with Crippen LogP contribution in [0.3, 0.4) is 0 Å². The normalized spacial score (nSPS) is 17.2. The maximum absolute atomic E-state index is 10.4. The van der Waals surface area contributed by atoms with Gasteiger partial charge in [-0.15, -0.1) is 0 Å². The van der Waals surface area contributed by atoms with E-state index >= 15 is 0 Å². The van der Waals surface area contributed by atoms with E-state index in [1.807, 2.05) is 30.3 Å². The molecule has 3 rings (SSSR count). The molecule has 1 unspecified atom stereocenters. The third kappa shape index (κ3) is 3.05. The van der Waals surface area contributed by atoms with E-state index in [2.05, 4.69) is 18.7 Å². The molecule has 20 heavy (non-hydrogen) atoms. The zero-order valence-electron chi connectivity index (χ0n) is 12.2. The van der Waals surface area contributed by atoms with Crippen molar-refractivity contribution in [2.24, 2.45) is 5.92 Å². The smallest absolute Gasteiger partial charge is 0.135 e. The first-order chi connectivity index (χ1) is 9.63. The Morgan fingerprint density at radius 3 is 2.70 bits per heavy atom. The van der Waals surface area contributed by atoms with Crippen molar-refractivity contribution in [3.63, 3.8) is 0 Å². The number of nitrogens with zero attached hydrogens (tertiary/aromatic N) is 1. The molecule has 3 heteroatoms. The lowest BCUT2D eigenvalue weighted by Gasteiger charge is -2.28. The third-order valence-corrected chi connectivity index (χ3v) is 4.10. The number of furan rings is 1. The molecule has 1 aromatic heterocycles. The van der Waals surface area contributed by atoms with Crippen molar-refractivity contribution < 1.29 is 9.52 Å². The molecule has 0 amide bonds. The van der Waals surface area contributed by atoms with Crippen LogP contribution < -0.4 is 0 Å². The molecule has 0 aliphatic heterocycles. The van der Waals surface area contributed by atoms with Crippen molar-refractivity contribution >= 4 is 11.0 Å². The Bertz CT molecular complexity index is 538. The standard InChI is InChI=1S/C17H23NO2/c1-12(2)18(10-13-7-8-13)11-15(19)17-9-14-5-3-4-6-16(14)20-17/h3-6,9,12-13,15,19H,7-8,10-11H2,1-2H3. The van der Waals surface area contributed by atoms with Crippen LogP contribution in [-0.2, 0) is 0 Å². The molecule has 1 heterocycles. The largest absolute Gasteiger partial charge is 0.458 e. The van der Waals surface area contributed by atoms with Gasteiger partial charge in [-0.2, -0.15) is 0 Å². The molecule has 1 aromatic carbocycles. The molecule has 0 radical (unpaired) electrons. The van der Waals surface area contributed by atoms with Crippen molar-refractivity contribution in [1.82, 2.24) is 4.90 Å². The van der Waals surface area contributed by atoms with Crippen LogP contribution in [0.25, 0.3) is 11.0 Å². The molecule has 1 fully saturated rings. The van der Waals surface area contributed by atoms with Gasteiger partial charge in [0.25, 0.3) is 0 Å². The summed E-state index contributed by atoms with van der Waals surface area (Å²) in [5.41, 5.74) is 0.847. The van der Waals surface area contributed by atoms with Crippen LogP contribution in [0.2, 0.25) is 0 Å². The fourth-order valence-electron chi connectivity index (χ4n) is 2.61. The highest BCUT2D eigenvalue weighted by Crippen LogP contribution is 2.31. The fraction of sp³-hybridized carbons (Fsp3) is 0.529. The molecule has 2 aromatic rings. The summed E-state index contributed by atoms with van der Waals surface area (Å²) in [6.45, 7) is 6.12. The molecular formula is C17H23NO2. The lowest BCUT2D eigenvalue weighted by atomic mass is 10.2. The van der Waals surface area contributed by atoms with Gasteiger partial charge in [-0.3, -0.25) is 4.90 Å². The lowest BCUT2D eigenvalue weighted by molar-refractivity contribution is 0.0782. The average molecular weight is 273 g/mol. The lowest BCUT2D eigenvalue weighted by Crippen LogP contribution is -2.36. The van der Waals surface area contributed by atoms with Crippen molar-refractivity contribution in [2.75, 3.05) is 13.1 Å². The molecule has 1 atom stereocenters. The molecule has 0 spiro atoms. The van der Waals surface area contributed by atoms with Gasteiger partial charge < -0.3 is 9.52 Å². The first kappa shape index (κ1) is 13.7. The second kappa shape index (κ2) is 5.58. The Labute approximate surface area is 120 Å². The van der Waals surface area contributed by atoms with Crippen molar-refractivity contribution in [2.45, 2.75) is 38.8 Å². The minimum Gasteiger partial charge on any atom is -0.458 e. The Kier molecular flexibility index (Phi) is 3.81. The van der Waals surface area contributed by atoms with Crippen LogP contribution in [0.4, 0.5) is 0 Å². The third-order valence-electron chi connectivity index (χ3n) is 4.10. The molecule has 1 aliphatic rings. The summed E-state index contributed by atoms with van der Waals surface area (Å²) in [6, 6.07) is 10.3. The summed E-state index contributed by atoms with van der Waals surface area (Å²) in [5.74, 6) is 1.51. The second-order valence-electron chi connectivity index (χ2n) is 6.19. The van der Waals surface area contributed by atoms with E-state index < -0.39 is 6.10 Å². The van der Waals surface area contributed by atoms with Gasteiger partial charge in [0.2, 0.25) is 0 Å². The highest BCUT2D eigenvalue weighted by molar-refractivity contribution is 5.77. The maximum atomic E-state index is 10.4. The predicted octanol–water partition coefficient (Wildman–Crippen LogP) is 3.59. The number of fused-ring (bicyclic) bond motifs is 1. The van der Waals surface area contributed by atoms with E-state index in [0.717, 1.165) is 23.4 Å². The van der Waals surface area contributed by atoms with Gasteiger partial charge in [-0.05, 0) is 44.7 Å². The maximum Gasteiger partial charge on any atom is 0.135 e. The topological polar surface area (TPSA) is 36.6 Å². The monoisotopic (exact) mass is 273 g/mol. The molecule has 0 bridgehead atoms. The van der Waals surface area contributed by atoms with Crippen molar-refractivity contribution in [3.8, 4) is 0 Å². The quantitative estimate of drug-likeness (QED) is 0.874. The minimum absolute atomic E-state index is 0.453. The van der Waals surface area contributed by atoms with E-state index in [4.69, 9.17) is 4.42 Å². The zero-order valence-corrected chi connectivity index (χ0v) is 12.2. The van der Waals surface area contributed by atoms with E-state index in [9.17, 15) is 5.11 Å². The Balaban J connectivity index is 1.71. The summed E-state index contributed by atoms with van der Waals surface area (Å²) in [7, 11) is 0. The van der Waals surface area contributed by atoms with Crippen molar-refractivity contribution in [3.05, 3.63) is 36.1 Å². The highest BCUT2D eigenvalue weighted by atomic mass is 16.4. The van der Waals surface area contributed by atoms with E-state index in [1.165, 1.54) is 12.8 Å². The van der Waals surface area contributed by atoms with Gasteiger partial charge in [-0.25, -0.2) is 0 Å². The highest BCUT2D eigenvalue weighted by Gasteiger charge is 2.27. The molecule has 1 aliphatic carbocycles. The number of hydrogen-bond donors (Lipinski definition) is 1. The van der Waals surface area contributed by atoms with Crippen LogP contribution in [0.15, 0.2) is 34.7 Å². The van der Waals surface area contributed by atoms with Gasteiger partial charge in [0, 0.05) is 24.5 Å². The number of rotatable bonds is 6. The Hall–Kier alpha value is -1.32. The van der Waals surface area contributed by atoms with Crippen LogP contribution in [0, 0.1) is 5.92 Å². The first-order valence-corrected chi connectivity index (χ1v) is 7.54. The number of para-hydroxylation sites is 1. The molecular weight excluding hydrogens is 250 g/mol. The van der Waals surface area contributed by atoms with Gasteiger partial charge in [0.15, 0.2) is 0 Å². The van der Waals surface area contributed by atoms with Crippen LogP contribution in [0.1, 0.15) is 38.6 Å². The van der Waals surface area contributed by atoms with E-state index in [1.54, 1.807) is 0 Å². The zero-order chi connectivity index (χ0) is 14.1. The summed E-state index contributed by atoms with van der Waals surface area (Å²) in [5, 5.41) is 11.5. The van der Waals surface area contributed by atoms with Crippen LogP contribution in [-0.4, -0.2) is 29.1 Å².